The van der Waals surface area contributed by atoms with E-state index in [0.29, 0.717) is 5.41 Å². The third-order valence-electron chi connectivity index (χ3n) is 4.68. The molecule has 2 heteroatoms. The normalized spacial score (nSPS) is 22.6. The number of benzene rings is 1. The minimum absolute atomic E-state index is 0.385. The van der Waals surface area contributed by atoms with Crippen molar-refractivity contribution in [1.82, 2.24) is 5.32 Å². The number of likely N-dealkylation sites (N-methyl/N-ethyl adjacent to an activating group) is 1. The van der Waals surface area contributed by atoms with E-state index in [1.54, 1.807) is 0 Å². The summed E-state index contributed by atoms with van der Waals surface area (Å²) in [6.45, 7) is 3.87. The van der Waals surface area contributed by atoms with Gasteiger partial charge in [-0.3, -0.25) is 0 Å². The topological polar surface area (TPSA) is 21.3 Å². The summed E-state index contributed by atoms with van der Waals surface area (Å²) < 4.78 is 5.52. The Labute approximate surface area is 110 Å². The van der Waals surface area contributed by atoms with Crippen LogP contribution in [0.5, 0.6) is 5.75 Å². The molecule has 2 fully saturated rings. The fraction of sp³-hybridized carbons (Fsp3) is 0.625. The van der Waals surface area contributed by atoms with E-state index in [1.807, 2.05) is 6.92 Å². The van der Waals surface area contributed by atoms with Crippen molar-refractivity contribution in [2.24, 2.45) is 5.41 Å². The van der Waals surface area contributed by atoms with Gasteiger partial charge in [0.25, 0.3) is 0 Å². The Morgan fingerprint density at radius 2 is 1.83 bits per heavy atom. The second kappa shape index (κ2) is 4.27. The summed E-state index contributed by atoms with van der Waals surface area (Å²) in [6, 6.07) is 8.76. The predicted molar refractivity (Wildman–Crippen MR) is 74.1 cm³/mol. The minimum atomic E-state index is 0.385. The van der Waals surface area contributed by atoms with Crippen LogP contribution in [0, 0.1) is 5.41 Å². The van der Waals surface area contributed by atoms with Crippen LogP contribution in [0.25, 0.3) is 0 Å². The lowest BCUT2D eigenvalue weighted by Crippen LogP contribution is -2.49. The van der Waals surface area contributed by atoms with Gasteiger partial charge in [0.05, 0.1) is 6.61 Å². The number of ether oxygens (including phenoxy) is 1. The summed E-state index contributed by atoms with van der Waals surface area (Å²) in [6.07, 6.45) is 5.65. The molecule has 0 bridgehead atoms. The molecule has 0 heterocycles. The van der Waals surface area contributed by atoms with Gasteiger partial charge in [0.2, 0.25) is 0 Å². The Morgan fingerprint density at radius 3 is 2.33 bits per heavy atom. The number of hydrogen-bond donors (Lipinski definition) is 1. The second-order valence-corrected chi connectivity index (χ2v) is 6.12. The van der Waals surface area contributed by atoms with Crippen LogP contribution in [-0.2, 0) is 5.41 Å². The standard InChI is InChI=1S/C16H23NO/c1-3-18-14-6-4-13(5-7-14)16(12-17-2)10-15(11-16)8-9-15/h4-7,17H,3,8-12H2,1-2H3. The third kappa shape index (κ3) is 1.93. The Balaban J connectivity index is 1.78. The molecule has 2 nitrogen and oxygen atoms in total. The van der Waals surface area contributed by atoms with Crippen molar-refractivity contribution < 1.29 is 4.74 Å². The highest BCUT2D eigenvalue weighted by Gasteiger charge is 2.60. The van der Waals surface area contributed by atoms with Gasteiger partial charge < -0.3 is 10.1 Å². The SMILES string of the molecule is CCOc1ccc(C2(CNC)CC3(CC3)C2)cc1. The molecule has 2 aliphatic carbocycles. The zero-order chi connectivity index (χ0) is 12.6. The smallest absolute Gasteiger partial charge is 0.119 e. The van der Waals surface area contributed by atoms with Crippen LogP contribution in [0.15, 0.2) is 24.3 Å². The Kier molecular flexibility index (Phi) is 2.86. The monoisotopic (exact) mass is 245 g/mol. The lowest BCUT2D eigenvalue weighted by Gasteiger charge is -2.49. The molecule has 1 spiro atoms. The van der Waals surface area contributed by atoms with Crippen LogP contribution in [0.4, 0.5) is 0 Å². The van der Waals surface area contributed by atoms with E-state index in [-0.39, 0.29) is 0 Å². The van der Waals surface area contributed by atoms with Crippen LogP contribution in [0.2, 0.25) is 0 Å². The van der Waals surface area contributed by atoms with Gasteiger partial charge in [0.1, 0.15) is 5.75 Å². The molecule has 0 aromatic heterocycles. The zero-order valence-corrected chi connectivity index (χ0v) is 11.5. The van der Waals surface area contributed by atoms with Crippen molar-refractivity contribution in [3.63, 3.8) is 0 Å². The summed E-state index contributed by atoms with van der Waals surface area (Å²) in [5.74, 6) is 0.987. The van der Waals surface area contributed by atoms with Gasteiger partial charge in [-0.05, 0) is 62.8 Å². The van der Waals surface area contributed by atoms with E-state index in [1.165, 1.54) is 31.2 Å². The van der Waals surface area contributed by atoms with Gasteiger partial charge in [0.15, 0.2) is 0 Å². The average Bonchev–Trinajstić information content (AvgIpc) is 3.10. The molecule has 0 unspecified atom stereocenters. The average molecular weight is 245 g/mol. The summed E-state index contributed by atoms with van der Waals surface area (Å²) in [5, 5.41) is 3.38. The summed E-state index contributed by atoms with van der Waals surface area (Å²) in [7, 11) is 2.06. The van der Waals surface area contributed by atoms with Crippen molar-refractivity contribution in [2.45, 2.75) is 38.0 Å². The Morgan fingerprint density at radius 1 is 1.17 bits per heavy atom. The summed E-state index contributed by atoms with van der Waals surface area (Å²) >= 11 is 0. The highest BCUT2D eigenvalue weighted by atomic mass is 16.5. The molecular formula is C16H23NO. The van der Waals surface area contributed by atoms with E-state index in [2.05, 4.69) is 36.6 Å². The van der Waals surface area contributed by atoms with E-state index < -0.39 is 0 Å². The lowest BCUT2D eigenvalue weighted by molar-refractivity contribution is 0.118. The molecular weight excluding hydrogens is 222 g/mol. The van der Waals surface area contributed by atoms with E-state index in [9.17, 15) is 0 Å². The maximum absolute atomic E-state index is 5.52. The van der Waals surface area contributed by atoms with Gasteiger partial charge in [-0.2, -0.15) is 0 Å². The van der Waals surface area contributed by atoms with Crippen LogP contribution >= 0.6 is 0 Å². The van der Waals surface area contributed by atoms with E-state index in [4.69, 9.17) is 4.74 Å². The first-order valence-electron chi connectivity index (χ1n) is 7.10. The van der Waals surface area contributed by atoms with Gasteiger partial charge in [-0.25, -0.2) is 0 Å². The largest absolute Gasteiger partial charge is 0.494 e. The lowest BCUT2D eigenvalue weighted by atomic mass is 9.56. The fourth-order valence-electron chi connectivity index (χ4n) is 3.76. The van der Waals surface area contributed by atoms with Crippen LogP contribution < -0.4 is 10.1 Å². The molecule has 1 aromatic carbocycles. The van der Waals surface area contributed by atoms with Crippen molar-refractivity contribution in [1.29, 1.82) is 0 Å². The second-order valence-electron chi connectivity index (χ2n) is 6.12. The van der Waals surface area contributed by atoms with Crippen LogP contribution in [-0.4, -0.2) is 20.2 Å². The van der Waals surface area contributed by atoms with Crippen molar-refractivity contribution in [2.75, 3.05) is 20.2 Å². The number of hydrogen-bond acceptors (Lipinski definition) is 2. The van der Waals surface area contributed by atoms with Crippen molar-refractivity contribution in [3.05, 3.63) is 29.8 Å². The molecule has 3 rings (SSSR count). The zero-order valence-electron chi connectivity index (χ0n) is 11.5. The van der Waals surface area contributed by atoms with Gasteiger partial charge in [0, 0.05) is 12.0 Å². The van der Waals surface area contributed by atoms with Gasteiger partial charge >= 0.3 is 0 Å². The molecule has 18 heavy (non-hydrogen) atoms. The van der Waals surface area contributed by atoms with E-state index in [0.717, 1.165) is 24.3 Å². The molecule has 0 saturated heterocycles. The quantitative estimate of drug-likeness (QED) is 0.860. The molecule has 98 valence electrons. The predicted octanol–water partition coefficient (Wildman–Crippen LogP) is 3.12. The minimum Gasteiger partial charge on any atom is -0.494 e. The Hall–Kier alpha value is -1.02. The van der Waals surface area contributed by atoms with Crippen molar-refractivity contribution in [3.8, 4) is 5.75 Å². The molecule has 0 amide bonds. The highest BCUT2D eigenvalue weighted by Crippen LogP contribution is 2.68. The van der Waals surface area contributed by atoms with E-state index >= 15 is 0 Å². The first kappa shape index (κ1) is 12.0. The summed E-state index contributed by atoms with van der Waals surface area (Å²) in [4.78, 5) is 0. The summed E-state index contributed by atoms with van der Waals surface area (Å²) in [5.41, 5.74) is 2.60. The molecule has 0 atom stereocenters. The maximum Gasteiger partial charge on any atom is 0.119 e. The first-order valence-corrected chi connectivity index (χ1v) is 7.10. The maximum atomic E-state index is 5.52. The molecule has 1 N–H and O–H groups in total. The first-order chi connectivity index (χ1) is 8.72. The molecule has 1 aromatic rings. The van der Waals surface area contributed by atoms with Gasteiger partial charge in [-0.1, -0.05) is 12.1 Å². The van der Waals surface area contributed by atoms with Crippen LogP contribution in [0.3, 0.4) is 0 Å². The Bertz CT molecular complexity index is 411. The number of nitrogens with one attached hydrogen (secondary N) is 1. The fourth-order valence-corrected chi connectivity index (χ4v) is 3.76. The van der Waals surface area contributed by atoms with Crippen LogP contribution in [0.1, 0.15) is 38.2 Å². The molecule has 2 aliphatic rings. The number of rotatable bonds is 5. The third-order valence-corrected chi connectivity index (χ3v) is 4.68. The van der Waals surface area contributed by atoms with Gasteiger partial charge in [-0.15, -0.1) is 0 Å². The molecule has 0 aliphatic heterocycles. The molecule has 2 saturated carbocycles. The van der Waals surface area contributed by atoms with Crippen molar-refractivity contribution >= 4 is 0 Å². The molecule has 0 radical (unpaired) electrons. The highest BCUT2D eigenvalue weighted by molar-refractivity contribution is 5.37.